The molecule has 1 unspecified atom stereocenters. The minimum absolute atomic E-state index is 0.0873. The summed E-state index contributed by atoms with van der Waals surface area (Å²) in [6.07, 6.45) is 77.9. The van der Waals surface area contributed by atoms with E-state index < -0.39 is 6.10 Å². The minimum atomic E-state index is -0.789. The molecule has 0 spiro atoms. The Kier molecular flexibility index (Phi) is 59.7. The molecule has 0 saturated heterocycles. The van der Waals surface area contributed by atoms with Gasteiger partial charge < -0.3 is 14.2 Å². The van der Waals surface area contributed by atoms with Crippen LogP contribution in [0.1, 0.15) is 342 Å². The molecule has 0 radical (unpaired) electrons. The predicted octanol–water partition coefficient (Wildman–Crippen LogP) is 21.8. The molecule has 0 aliphatic rings. The minimum Gasteiger partial charge on any atom is -0.462 e. The van der Waals surface area contributed by atoms with Crippen LogP contribution in [0.25, 0.3) is 0 Å². The van der Waals surface area contributed by atoms with Gasteiger partial charge in [0.2, 0.25) is 0 Å². The summed E-state index contributed by atoms with van der Waals surface area (Å²) in [6.45, 7) is 6.44. The number of hydrogen-bond donors (Lipinski definition) is 0. The fourth-order valence-corrected chi connectivity index (χ4v) is 9.56. The summed E-state index contributed by atoms with van der Waals surface area (Å²) in [7, 11) is 0. The number of allylic oxidation sites excluding steroid dienone is 8. The van der Waals surface area contributed by atoms with Crippen LogP contribution in [0.15, 0.2) is 48.6 Å². The van der Waals surface area contributed by atoms with Gasteiger partial charge in [0, 0.05) is 19.3 Å². The molecule has 0 bridgehead atoms. The normalized spacial score (nSPS) is 12.3. The number of carbonyl (C=O) groups excluding carboxylic acids is 3. The average molecular weight is 1020 g/mol. The van der Waals surface area contributed by atoms with Gasteiger partial charge in [-0.1, -0.05) is 313 Å². The molecule has 0 fully saturated rings. The number of carbonyl (C=O) groups is 3. The van der Waals surface area contributed by atoms with Crippen molar-refractivity contribution in [3.63, 3.8) is 0 Å². The van der Waals surface area contributed by atoms with Crippen molar-refractivity contribution in [1.82, 2.24) is 0 Å². The lowest BCUT2D eigenvalue weighted by atomic mass is 10.0. The maximum atomic E-state index is 12.7. The van der Waals surface area contributed by atoms with Crippen LogP contribution < -0.4 is 0 Å². The van der Waals surface area contributed by atoms with Crippen molar-refractivity contribution in [1.29, 1.82) is 0 Å². The Morgan fingerprint density at radius 2 is 0.534 bits per heavy atom. The number of ether oxygens (including phenoxy) is 3. The van der Waals surface area contributed by atoms with Crippen LogP contribution >= 0.6 is 0 Å². The van der Waals surface area contributed by atoms with Gasteiger partial charge in [-0.05, 0) is 57.8 Å². The summed E-state index contributed by atoms with van der Waals surface area (Å²) >= 11 is 0. The zero-order chi connectivity index (χ0) is 52.9. The van der Waals surface area contributed by atoms with E-state index in [1.807, 2.05) is 0 Å². The molecule has 426 valence electrons. The van der Waals surface area contributed by atoms with Crippen LogP contribution in [0.4, 0.5) is 0 Å². The van der Waals surface area contributed by atoms with Gasteiger partial charge in [0.15, 0.2) is 6.10 Å². The zero-order valence-electron chi connectivity index (χ0n) is 48.9. The molecule has 0 rings (SSSR count). The summed E-state index contributed by atoms with van der Waals surface area (Å²) in [5.74, 6) is -0.931. The van der Waals surface area contributed by atoms with Gasteiger partial charge in [0.25, 0.3) is 0 Å². The lowest BCUT2D eigenvalue weighted by Gasteiger charge is -2.18. The molecule has 0 aliphatic heterocycles. The molecule has 0 N–H and O–H groups in total. The quantitative estimate of drug-likeness (QED) is 0.0261. The van der Waals surface area contributed by atoms with E-state index >= 15 is 0 Å². The standard InChI is InChI=1S/C67H122O6/c1-4-7-10-13-15-17-19-21-23-24-25-26-27-28-29-30-31-32-33-34-35-36-37-38-39-40-41-42-44-45-47-49-51-54-57-60-66(69)72-63-64(62-71-65(68)59-56-53-12-9-6-3)73-67(70)61-58-55-52-50-48-46-43-22-20-18-16-14-11-8-5-2/h8,11,16,18,22,43,48,50,64H,4-7,9-10,12-15,17,19-21,23-42,44-47,49,51-63H2,1-3H3/b11-8-,18-16-,43-22-,50-48-. The number of rotatable bonds is 59. The van der Waals surface area contributed by atoms with Crippen LogP contribution in [0.3, 0.4) is 0 Å². The summed E-state index contributed by atoms with van der Waals surface area (Å²) in [4.78, 5) is 37.8. The third kappa shape index (κ3) is 60.1. The van der Waals surface area contributed by atoms with Crippen molar-refractivity contribution in [3.8, 4) is 0 Å². The summed E-state index contributed by atoms with van der Waals surface area (Å²) in [5, 5.41) is 0. The Balaban J connectivity index is 3.85. The molecular formula is C67H122O6. The van der Waals surface area contributed by atoms with Gasteiger partial charge in [-0.2, -0.15) is 0 Å². The summed E-state index contributed by atoms with van der Waals surface area (Å²) in [6, 6.07) is 0. The molecule has 0 heterocycles. The zero-order valence-corrected chi connectivity index (χ0v) is 48.9. The number of hydrogen-bond acceptors (Lipinski definition) is 6. The molecular weight excluding hydrogens is 901 g/mol. The predicted molar refractivity (Wildman–Crippen MR) is 316 cm³/mol. The lowest BCUT2D eigenvalue weighted by Crippen LogP contribution is -2.30. The molecule has 0 saturated carbocycles. The highest BCUT2D eigenvalue weighted by atomic mass is 16.6. The summed E-state index contributed by atoms with van der Waals surface area (Å²) < 4.78 is 16.7. The maximum absolute atomic E-state index is 12.7. The average Bonchev–Trinajstić information content (AvgIpc) is 3.39. The monoisotopic (exact) mass is 1020 g/mol. The van der Waals surface area contributed by atoms with Crippen molar-refractivity contribution < 1.29 is 28.6 Å². The Morgan fingerprint density at radius 3 is 0.836 bits per heavy atom. The van der Waals surface area contributed by atoms with Crippen molar-refractivity contribution >= 4 is 17.9 Å². The molecule has 0 aromatic carbocycles. The Hall–Kier alpha value is -2.63. The Bertz CT molecular complexity index is 1270. The highest BCUT2D eigenvalue weighted by Crippen LogP contribution is 2.18. The maximum Gasteiger partial charge on any atom is 0.306 e. The Morgan fingerprint density at radius 1 is 0.288 bits per heavy atom. The fraction of sp³-hybridized carbons (Fsp3) is 0.836. The van der Waals surface area contributed by atoms with E-state index in [0.717, 1.165) is 83.5 Å². The SMILES string of the molecule is CC/C=C\C/C=C\C/C=C\C/C=C\CCCCC(=O)OC(COC(=O)CCCCCCC)COC(=O)CCCCCCCCCCCCCCCCCCCCCCCCCCCCCCCCCCCCC. The second kappa shape index (κ2) is 61.9. The molecule has 0 aliphatic carbocycles. The van der Waals surface area contributed by atoms with Crippen molar-refractivity contribution in [3.05, 3.63) is 48.6 Å². The van der Waals surface area contributed by atoms with E-state index in [-0.39, 0.29) is 37.5 Å². The first-order chi connectivity index (χ1) is 36.0. The van der Waals surface area contributed by atoms with Gasteiger partial charge in [-0.25, -0.2) is 0 Å². The summed E-state index contributed by atoms with van der Waals surface area (Å²) in [5.41, 5.74) is 0. The first kappa shape index (κ1) is 70.4. The molecule has 6 heteroatoms. The van der Waals surface area contributed by atoms with Crippen LogP contribution in [0.2, 0.25) is 0 Å². The van der Waals surface area contributed by atoms with Gasteiger partial charge in [-0.15, -0.1) is 0 Å². The largest absolute Gasteiger partial charge is 0.462 e. The molecule has 0 aromatic rings. The molecule has 1 atom stereocenters. The number of esters is 3. The van der Waals surface area contributed by atoms with Crippen LogP contribution in [-0.4, -0.2) is 37.2 Å². The van der Waals surface area contributed by atoms with Crippen molar-refractivity contribution in [2.24, 2.45) is 0 Å². The van der Waals surface area contributed by atoms with Gasteiger partial charge in [-0.3, -0.25) is 14.4 Å². The van der Waals surface area contributed by atoms with Crippen LogP contribution in [0.5, 0.6) is 0 Å². The van der Waals surface area contributed by atoms with E-state index in [1.165, 1.54) is 212 Å². The number of unbranched alkanes of at least 4 members (excludes halogenated alkanes) is 40. The highest BCUT2D eigenvalue weighted by molar-refractivity contribution is 5.71. The highest BCUT2D eigenvalue weighted by Gasteiger charge is 2.19. The molecule has 0 aromatic heterocycles. The van der Waals surface area contributed by atoms with E-state index in [9.17, 15) is 14.4 Å². The second-order valence-corrected chi connectivity index (χ2v) is 21.7. The molecule has 0 amide bonds. The molecule has 73 heavy (non-hydrogen) atoms. The smallest absolute Gasteiger partial charge is 0.306 e. The van der Waals surface area contributed by atoms with Crippen molar-refractivity contribution in [2.75, 3.05) is 13.2 Å². The van der Waals surface area contributed by atoms with Crippen LogP contribution in [0, 0.1) is 0 Å². The topological polar surface area (TPSA) is 78.9 Å². The van der Waals surface area contributed by atoms with E-state index in [4.69, 9.17) is 14.2 Å². The van der Waals surface area contributed by atoms with E-state index in [0.29, 0.717) is 19.3 Å². The second-order valence-electron chi connectivity index (χ2n) is 21.7. The van der Waals surface area contributed by atoms with Gasteiger partial charge in [0.1, 0.15) is 13.2 Å². The van der Waals surface area contributed by atoms with Gasteiger partial charge >= 0.3 is 17.9 Å². The third-order valence-corrected chi connectivity index (χ3v) is 14.3. The first-order valence-electron chi connectivity index (χ1n) is 32.1. The fourth-order valence-electron chi connectivity index (χ4n) is 9.56. The van der Waals surface area contributed by atoms with E-state index in [1.54, 1.807) is 0 Å². The van der Waals surface area contributed by atoms with Crippen LogP contribution in [-0.2, 0) is 28.6 Å². The lowest BCUT2D eigenvalue weighted by molar-refractivity contribution is -0.167. The third-order valence-electron chi connectivity index (χ3n) is 14.3. The van der Waals surface area contributed by atoms with Crippen molar-refractivity contribution in [2.45, 2.75) is 348 Å². The first-order valence-corrected chi connectivity index (χ1v) is 32.1. The molecule has 6 nitrogen and oxygen atoms in total. The van der Waals surface area contributed by atoms with E-state index in [2.05, 4.69) is 69.4 Å². The Labute approximate surface area is 454 Å². The van der Waals surface area contributed by atoms with Gasteiger partial charge in [0.05, 0.1) is 0 Å².